The molecule has 0 aliphatic heterocycles. The molecule has 1 aliphatic rings. The number of furan rings is 1. The van der Waals surface area contributed by atoms with E-state index < -0.39 is 0 Å². The van der Waals surface area contributed by atoms with Crippen molar-refractivity contribution < 1.29 is 4.42 Å². The van der Waals surface area contributed by atoms with Crippen molar-refractivity contribution in [3.05, 3.63) is 151 Å². The Morgan fingerprint density at radius 2 is 1.18 bits per heavy atom. The standard InChI is InChI=1S/C43H29NO/c1-43(2)35-18-9-8-15-31(35)32-21-19-27(25-36(32)43)30-16-10-17-33-34-22-24-38-40(42(34)45-41(30)33)39-29-14-7-6-11-26(29)20-23-37(39)44(38)28-12-4-3-5-13-28/h3-25H,1-2H3. The van der Waals surface area contributed by atoms with Gasteiger partial charge in [-0.2, -0.15) is 0 Å². The minimum atomic E-state index is -0.0593. The summed E-state index contributed by atoms with van der Waals surface area (Å²) in [5.41, 5.74) is 13.1. The third-order valence-electron chi connectivity index (χ3n) is 10.2. The molecule has 1 aliphatic carbocycles. The van der Waals surface area contributed by atoms with E-state index in [-0.39, 0.29) is 5.41 Å². The number of benzene rings is 7. The van der Waals surface area contributed by atoms with E-state index in [4.69, 9.17) is 4.42 Å². The van der Waals surface area contributed by atoms with Crippen molar-refractivity contribution in [1.29, 1.82) is 0 Å². The molecule has 0 unspecified atom stereocenters. The van der Waals surface area contributed by atoms with E-state index in [0.717, 1.165) is 44.1 Å². The van der Waals surface area contributed by atoms with E-state index in [1.807, 2.05) is 0 Å². The first kappa shape index (κ1) is 24.8. The van der Waals surface area contributed by atoms with Crippen molar-refractivity contribution in [3.8, 4) is 27.9 Å². The Kier molecular flexibility index (Phi) is 4.82. The average molecular weight is 576 g/mol. The number of hydrogen-bond acceptors (Lipinski definition) is 1. The second-order valence-corrected chi connectivity index (χ2v) is 12.9. The molecule has 212 valence electrons. The van der Waals surface area contributed by atoms with Gasteiger partial charge in [-0.1, -0.05) is 117 Å². The summed E-state index contributed by atoms with van der Waals surface area (Å²) in [6.45, 7) is 4.68. The van der Waals surface area contributed by atoms with Crippen LogP contribution in [-0.4, -0.2) is 4.57 Å². The lowest BCUT2D eigenvalue weighted by Crippen LogP contribution is -2.14. The van der Waals surface area contributed by atoms with E-state index in [1.54, 1.807) is 0 Å². The first-order chi connectivity index (χ1) is 22.1. The predicted molar refractivity (Wildman–Crippen MR) is 189 cm³/mol. The number of hydrogen-bond donors (Lipinski definition) is 0. The lowest BCUT2D eigenvalue weighted by atomic mass is 9.81. The molecule has 45 heavy (non-hydrogen) atoms. The molecule has 0 fully saturated rings. The van der Waals surface area contributed by atoms with Gasteiger partial charge in [0.1, 0.15) is 11.2 Å². The van der Waals surface area contributed by atoms with Crippen LogP contribution in [-0.2, 0) is 5.41 Å². The molecule has 0 spiro atoms. The zero-order chi connectivity index (χ0) is 29.9. The summed E-state index contributed by atoms with van der Waals surface area (Å²) < 4.78 is 9.46. The highest BCUT2D eigenvalue weighted by Crippen LogP contribution is 2.50. The van der Waals surface area contributed by atoms with Crippen LogP contribution in [0.25, 0.3) is 82.5 Å². The average Bonchev–Trinajstić information content (AvgIpc) is 3.71. The molecule has 10 rings (SSSR count). The smallest absolute Gasteiger partial charge is 0.145 e. The van der Waals surface area contributed by atoms with Crippen LogP contribution in [0.1, 0.15) is 25.0 Å². The number of nitrogens with zero attached hydrogens (tertiary/aromatic N) is 1. The van der Waals surface area contributed by atoms with Crippen LogP contribution in [0.2, 0.25) is 0 Å². The lowest BCUT2D eigenvalue weighted by molar-refractivity contribution is 0.660. The molecule has 0 N–H and O–H groups in total. The zero-order valence-electron chi connectivity index (χ0n) is 25.1. The summed E-state index contributed by atoms with van der Waals surface area (Å²) in [5, 5.41) is 7.16. The fourth-order valence-electron chi connectivity index (χ4n) is 8.07. The highest BCUT2D eigenvalue weighted by atomic mass is 16.3. The first-order valence-electron chi connectivity index (χ1n) is 15.7. The van der Waals surface area contributed by atoms with Crippen LogP contribution in [0.15, 0.2) is 144 Å². The Balaban J connectivity index is 1.29. The van der Waals surface area contributed by atoms with Crippen molar-refractivity contribution >= 4 is 54.5 Å². The molecular formula is C43H29NO. The number of para-hydroxylation sites is 2. The number of rotatable bonds is 2. The summed E-state index contributed by atoms with van der Waals surface area (Å²) in [6, 6.07) is 50.7. The Labute approximate surface area is 260 Å². The van der Waals surface area contributed by atoms with Crippen LogP contribution in [0.5, 0.6) is 0 Å². The van der Waals surface area contributed by atoms with E-state index >= 15 is 0 Å². The van der Waals surface area contributed by atoms with Gasteiger partial charge in [0, 0.05) is 32.8 Å². The SMILES string of the molecule is CC1(C)c2ccccc2-c2ccc(-c3cccc4c3oc3c4ccc4c3c3c5ccccc5ccc3n4-c3ccccc3)cc21. The van der Waals surface area contributed by atoms with Crippen molar-refractivity contribution in [2.45, 2.75) is 19.3 Å². The quantitative estimate of drug-likeness (QED) is 0.200. The van der Waals surface area contributed by atoms with Gasteiger partial charge >= 0.3 is 0 Å². The topological polar surface area (TPSA) is 18.1 Å². The van der Waals surface area contributed by atoms with Gasteiger partial charge < -0.3 is 8.98 Å². The van der Waals surface area contributed by atoms with Gasteiger partial charge in [0.05, 0.1) is 16.4 Å². The van der Waals surface area contributed by atoms with Crippen LogP contribution < -0.4 is 0 Å². The summed E-state index contributed by atoms with van der Waals surface area (Å²) in [7, 11) is 0. The highest BCUT2D eigenvalue weighted by Gasteiger charge is 2.35. The van der Waals surface area contributed by atoms with Crippen LogP contribution in [0.4, 0.5) is 0 Å². The fourth-order valence-corrected chi connectivity index (χ4v) is 8.07. The molecule has 9 aromatic rings. The molecule has 0 atom stereocenters. The summed E-state index contributed by atoms with van der Waals surface area (Å²) in [5.74, 6) is 0. The predicted octanol–water partition coefficient (Wildman–Crippen LogP) is 11.8. The monoisotopic (exact) mass is 575 g/mol. The molecule has 2 heteroatoms. The number of aromatic nitrogens is 1. The fraction of sp³-hybridized carbons (Fsp3) is 0.0698. The van der Waals surface area contributed by atoms with Gasteiger partial charge in [0.15, 0.2) is 0 Å². The maximum atomic E-state index is 7.08. The number of fused-ring (bicyclic) bond motifs is 12. The van der Waals surface area contributed by atoms with E-state index in [0.29, 0.717) is 0 Å². The first-order valence-corrected chi connectivity index (χ1v) is 15.7. The van der Waals surface area contributed by atoms with E-state index in [2.05, 4.69) is 158 Å². The Bertz CT molecular complexity index is 2670. The van der Waals surface area contributed by atoms with Crippen molar-refractivity contribution in [3.63, 3.8) is 0 Å². The largest absolute Gasteiger partial charge is 0.455 e. The molecule has 2 heterocycles. The summed E-state index contributed by atoms with van der Waals surface area (Å²) in [6.07, 6.45) is 0. The van der Waals surface area contributed by atoms with Gasteiger partial charge in [-0.25, -0.2) is 0 Å². The second kappa shape index (κ2) is 8.74. The van der Waals surface area contributed by atoms with E-state index in [1.165, 1.54) is 49.5 Å². The maximum absolute atomic E-state index is 7.08. The van der Waals surface area contributed by atoms with Crippen LogP contribution >= 0.6 is 0 Å². The molecule has 2 nitrogen and oxygen atoms in total. The van der Waals surface area contributed by atoms with Gasteiger partial charge in [-0.15, -0.1) is 0 Å². The lowest BCUT2D eigenvalue weighted by Gasteiger charge is -2.22. The molecular weight excluding hydrogens is 546 g/mol. The third-order valence-corrected chi connectivity index (χ3v) is 10.2. The molecule has 0 bridgehead atoms. The van der Waals surface area contributed by atoms with Gasteiger partial charge in [0.2, 0.25) is 0 Å². The normalized spacial score (nSPS) is 13.7. The minimum absolute atomic E-state index is 0.0593. The highest BCUT2D eigenvalue weighted by molar-refractivity contribution is 6.30. The van der Waals surface area contributed by atoms with Crippen molar-refractivity contribution in [2.24, 2.45) is 0 Å². The van der Waals surface area contributed by atoms with Crippen LogP contribution in [0.3, 0.4) is 0 Å². The van der Waals surface area contributed by atoms with E-state index in [9.17, 15) is 0 Å². The molecule has 7 aromatic carbocycles. The maximum Gasteiger partial charge on any atom is 0.145 e. The third kappa shape index (κ3) is 3.24. The van der Waals surface area contributed by atoms with Crippen molar-refractivity contribution in [1.82, 2.24) is 4.57 Å². The summed E-state index contributed by atoms with van der Waals surface area (Å²) >= 11 is 0. The van der Waals surface area contributed by atoms with Gasteiger partial charge in [0.25, 0.3) is 0 Å². The zero-order valence-corrected chi connectivity index (χ0v) is 25.1. The van der Waals surface area contributed by atoms with Gasteiger partial charge in [-0.3, -0.25) is 0 Å². The minimum Gasteiger partial charge on any atom is -0.455 e. The van der Waals surface area contributed by atoms with Crippen LogP contribution in [0, 0.1) is 0 Å². The second-order valence-electron chi connectivity index (χ2n) is 12.9. The molecule has 0 saturated heterocycles. The Morgan fingerprint density at radius 3 is 2.09 bits per heavy atom. The Hall–Kier alpha value is -5.60. The molecule has 0 amide bonds. The molecule has 0 saturated carbocycles. The van der Waals surface area contributed by atoms with Crippen molar-refractivity contribution in [2.75, 3.05) is 0 Å². The van der Waals surface area contributed by atoms with Gasteiger partial charge in [-0.05, 0) is 75.0 Å². The molecule has 0 radical (unpaired) electrons. The Morgan fingerprint density at radius 1 is 0.489 bits per heavy atom. The summed E-state index contributed by atoms with van der Waals surface area (Å²) in [4.78, 5) is 0. The molecule has 2 aromatic heterocycles.